The molecule has 0 radical (unpaired) electrons. The third-order valence-electron chi connectivity index (χ3n) is 5.90. The summed E-state index contributed by atoms with van der Waals surface area (Å²) in [5, 5.41) is 21.8. The largest absolute Gasteiger partial charge is 0.496 e. The predicted molar refractivity (Wildman–Crippen MR) is 146 cm³/mol. The number of anilines is 2. The standard InChI is InChI=1S/C26H29N7O4S/c1-14-22(15(2)38-32-14)17-13-27-26(33(3)4)29-24(17)28-19(25(34)35)12-16-10-11-18(31-30-16)23-20(36-5)8-7-9-21(23)37-6/h7-11,13,19H,12H2,1-6H3,(H,34,35)(H,27,28,29)/t19-/m0/s1. The third kappa shape index (κ3) is 5.49. The molecule has 0 saturated heterocycles. The van der Waals surface area contributed by atoms with E-state index in [4.69, 9.17) is 9.47 Å². The van der Waals surface area contributed by atoms with E-state index in [1.165, 1.54) is 11.5 Å². The van der Waals surface area contributed by atoms with E-state index in [9.17, 15) is 9.90 Å². The van der Waals surface area contributed by atoms with Gasteiger partial charge < -0.3 is 24.8 Å². The summed E-state index contributed by atoms with van der Waals surface area (Å²) in [4.78, 5) is 24.1. The number of nitrogens with one attached hydrogen (secondary N) is 1. The first kappa shape index (κ1) is 26.7. The lowest BCUT2D eigenvalue weighted by Gasteiger charge is -2.19. The first-order valence-corrected chi connectivity index (χ1v) is 12.5. The van der Waals surface area contributed by atoms with E-state index in [2.05, 4.69) is 29.9 Å². The lowest BCUT2D eigenvalue weighted by atomic mass is 10.1. The molecule has 11 nitrogen and oxygen atoms in total. The summed E-state index contributed by atoms with van der Waals surface area (Å²) in [6.45, 7) is 3.87. The van der Waals surface area contributed by atoms with Crippen molar-refractivity contribution in [2.24, 2.45) is 0 Å². The molecular weight excluding hydrogens is 506 g/mol. The van der Waals surface area contributed by atoms with E-state index < -0.39 is 12.0 Å². The van der Waals surface area contributed by atoms with Crippen molar-refractivity contribution in [3.05, 3.63) is 52.8 Å². The summed E-state index contributed by atoms with van der Waals surface area (Å²) in [7, 11) is 6.79. The molecule has 0 bridgehead atoms. The zero-order valence-corrected chi connectivity index (χ0v) is 22.8. The summed E-state index contributed by atoms with van der Waals surface area (Å²) in [6.07, 6.45) is 1.77. The fraction of sp³-hybridized carbons (Fsp3) is 0.308. The number of rotatable bonds is 10. The number of aromatic nitrogens is 5. The van der Waals surface area contributed by atoms with Gasteiger partial charge in [0, 0.05) is 42.7 Å². The molecule has 3 aromatic heterocycles. The summed E-state index contributed by atoms with van der Waals surface area (Å²) >= 11 is 1.38. The Morgan fingerprint density at radius 2 is 1.79 bits per heavy atom. The molecule has 0 fully saturated rings. The highest BCUT2D eigenvalue weighted by Crippen LogP contribution is 2.37. The van der Waals surface area contributed by atoms with Crippen LogP contribution in [0.4, 0.5) is 11.8 Å². The summed E-state index contributed by atoms with van der Waals surface area (Å²) in [6, 6.07) is 7.94. The van der Waals surface area contributed by atoms with Gasteiger partial charge in [-0.15, -0.1) is 5.10 Å². The molecule has 0 amide bonds. The van der Waals surface area contributed by atoms with Crippen LogP contribution in [0, 0.1) is 13.8 Å². The maximum Gasteiger partial charge on any atom is 0.326 e. The van der Waals surface area contributed by atoms with Crippen LogP contribution in [0.15, 0.2) is 36.5 Å². The van der Waals surface area contributed by atoms with Gasteiger partial charge in [-0.3, -0.25) is 0 Å². The van der Waals surface area contributed by atoms with Gasteiger partial charge in [-0.05, 0) is 49.6 Å². The molecule has 0 aliphatic heterocycles. The van der Waals surface area contributed by atoms with Crippen LogP contribution in [-0.4, -0.2) is 70.0 Å². The molecule has 0 spiro atoms. The zero-order valence-electron chi connectivity index (χ0n) is 22.0. The minimum absolute atomic E-state index is 0.0757. The number of methoxy groups -OCH3 is 2. The lowest BCUT2D eigenvalue weighted by Crippen LogP contribution is -2.33. The average Bonchev–Trinajstić information content (AvgIpc) is 3.25. The molecule has 4 rings (SSSR count). The van der Waals surface area contributed by atoms with Crippen molar-refractivity contribution in [1.82, 2.24) is 24.5 Å². The number of hydrogen-bond acceptors (Lipinski definition) is 11. The normalized spacial score (nSPS) is 11.6. The maximum absolute atomic E-state index is 12.3. The molecule has 0 saturated carbocycles. The molecule has 2 N–H and O–H groups in total. The zero-order chi connectivity index (χ0) is 27.4. The minimum atomic E-state index is -1.05. The van der Waals surface area contributed by atoms with Crippen molar-refractivity contribution in [2.45, 2.75) is 26.3 Å². The second kappa shape index (κ2) is 11.4. The Morgan fingerprint density at radius 3 is 2.32 bits per heavy atom. The van der Waals surface area contributed by atoms with Crippen molar-refractivity contribution >= 4 is 29.3 Å². The van der Waals surface area contributed by atoms with E-state index in [1.807, 2.05) is 46.1 Å². The van der Waals surface area contributed by atoms with Crippen LogP contribution in [0.2, 0.25) is 0 Å². The summed E-state index contributed by atoms with van der Waals surface area (Å²) in [5.74, 6) is 1.01. The molecular formula is C26H29N7O4S. The van der Waals surface area contributed by atoms with Crippen LogP contribution in [-0.2, 0) is 11.2 Å². The highest BCUT2D eigenvalue weighted by molar-refractivity contribution is 7.06. The Labute approximate surface area is 224 Å². The number of ether oxygens (including phenoxy) is 2. The number of hydrogen-bond donors (Lipinski definition) is 2. The molecule has 1 atom stereocenters. The SMILES string of the molecule is COc1cccc(OC)c1-c1ccc(C[C@H](Nc2nc(N(C)C)ncc2-c2c(C)nsc2C)C(=O)O)nn1. The Kier molecular flexibility index (Phi) is 8.01. The van der Waals surface area contributed by atoms with Crippen LogP contribution in [0.1, 0.15) is 16.3 Å². The number of carbonyl (C=O) groups is 1. The minimum Gasteiger partial charge on any atom is -0.496 e. The molecule has 1 aromatic carbocycles. The number of carboxylic acid groups (broad SMARTS) is 1. The molecule has 0 unspecified atom stereocenters. The first-order chi connectivity index (χ1) is 18.2. The van der Waals surface area contributed by atoms with E-state index in [1.54, 1.807) is 37.4 Å². The molecule has 12 heteroatoms. The quantitative estimate of drug-likeness (QED) is 0.306. The van der Waals surface area contributed by atoms with Gasteiger partial charge in [-0.2, -0.15) is 14.5 Å². The van der Waals surface area contributed by atoms with Gasteiger partial charge in [0.1, 0.15) is 29.1 Å². The van der Waals surface area contributed by atoms with Crippen molar-refractivity contribution in [2.75, 3.05) is 38.5 Å². The summed E-state index contributed by atoms with van der Waals surface area (Å²) < 4.78 is 15.4. The van der Waals surface area contributed by atoms with Crippen LogP contribution >= 0.6 is 11.5 Å². The van der Waals surface area contributed by atoms with E-state index in [0.29, 0.717) is 45.8 Å². The van der Waals surface area contributed by atoms with Crippen LogP contribution in [0.25, 0.3) is 22.4 Å². The molecule has 3 heterocycles. The van der Waals surface area contributed by atoms with Gasteiger partial charge in [-0.25, -0.2) is 9.78 Å². The average molecular weight is 536 g/mol. The van der Waals surface area contributed by atoms with Gasteiger partial charge >= 0.3 is 5.97 Å². The Morgan fingerprint density at radius 1 is 1.08 bits per heavy atom. The highest BCUT2D eigenvalue weighted by atomic mass is 32.1. The maximum atomic E-state index is 12.3. The summed E-state index contributed by atoms with van der Waals surface area (Å²) in [5.41, 5.74) is 4.12. The van der Waals surface area contributed by atoms with Gasteiger partial charge in [0.2, 0.25) is 5.95 Å². The lowest BCUT2D eigenvalue weighted by molar-refractivity contribution is -0.137. The number of carboxylic acids is 1. The Hall–Kier alpha value is -4.32. The molecule has 198 valence electrons. The monoisotopic (exact) mass is 535 g/mol. The fourth-order valence-electron chi connectivity index (χ4n) is 4.03. The first-order valence-electron chi connectivity index (χ1n) is 11.7. The predicted octanol–water partition coefficient (Wildman–Crippen LogP) is 3.86. The van der Waals surface area contributed by atoms with Gasteiger partial charge in [0.05, 0.1) is 31.2 Å². The second-order valence-electron chi connectivity index (χ2n) is 8.71. The molecule has 0 aliphatic rings. The Balaban J connectivity index is 1.65. The molecule has 38 heavy (non-hydrogen) atoms. The van der Waals surface area contributed by atoms with Crippen molar-refractivity contribution in [3.63, 3.8) is 0 Å². The van der Waals surface area contributed by atoms with Gasteiger partial charge in [-0.1, -0.05) is 6.07 Å². The van der Waals surface area contributed by atoms with Crippen molar-refractivity contribution in [1.29, 1.82) is 0 Å². The third-order valence-corrected chi connectivity index (χ3v) is 6.75. The smallest absolute Gasteiger partial charge is 0.326 e. The fourth-order valence-corrected chi connectivity index (χ4v) is 4.74. The van der Waals surface area contributed by atoms with Crippen molar-refractivity contribution in [3.8, 4) is 33.9 Å². The van der Waals surface area contributed by atoms with Gasteiger partial charge in [0.15, 0.2) is 0 Å². The topological polar surface area (TPSA) is 135 Å². The van der Waals surface area contributed by atoms with Gasteiger partial charge in [0.25, 0.3) is 0 Å². The van der Waals surface area contributed by atoms with Crippen LogP contribution in [0.3, 0.4) is 0 Å². The second-order valence-corrected chi connectivity index (χ2v) is 9.69. The number of aryl methyl sites for hydroxylation is 2. The van der Waals surface area contributed by atoms with E-state index >= 15 is 0 Å². The van der Waals surface area contributed by atoms with Crippen LogP contribution < -0.4 is 19.7 Å². The van der Waals surface area contributed by atoms with Crippen molar-refractivity contribution < 1.29 is 19.4 Å². The van der Waals surface area contributed by atoms with E-state index in [-0.39, 0.29) is 6.42 Å². The molecule has 0 aliphatic carbocycles. The molecule has 4 aromatic rings. The number of nitrogens with zero attached hydrogens (tertiary/aromatic N) is 6. The highest BCUT2D eigenvalue weighted by Gasteiger charge is 2.24. The van der Waals surface area contributed by atoms with Crippen LogP contribution in [0.5, 0.6) is 11.5 Å². The Bertz CT molecular complexity index is 1400. The number of benzene rings is 1. The van der Waals surface area contributed by atoms with E-state index in [0.717, 1.165) is 16.1 Å². The number of aliphatic carboxylic acids is 1.